The summed E-state index contributed by atoms with van der Waals surface area (Å²) in [6, 6.07) is 5.55. The van der Waals surface area contributed by atoms with Gasteiger partial charge >= 0.3 is 0 Å². The minimum absolute atomic E-state index is 0.371. The van der Waals surface area contributed by atoms with Crippen molar-refractivity contribution in [1.82, 2.24) is 31.1 Å². The van der Waals surface area contributed by atoms with Gasteiger partial charge in [-0.2, -0.15) is 0 Å². The summed E-state index contributed by atoms with van der Waals surface area (Å²) in [7, 11) is 0. The number of nitrogens with one attached hydrogen (secondary N) is 2. The van der Waals surface area contributed by atoms with Crippen LogP contribution in [0.15, 0.2) is 24.3 Å². The van der Waals surface area contributed by atoms with E-state index in [9.17, 15) is 9.59 Å². The van der Waals surface area contributed by atoms with Gasteiger partial charge in [-0.15, -0.1) is 9.90 Å². The highest BCUT2D eigenvalue weighted by molar-refractivity contribution is 6.30. The predicted molar refractivity (Wildman–Crippen MR) is 92.6 cm³/mol. The molecule has 1 fully saturated rings. The Hall–Kier alpha value is -2.72. The molecule has 1 aliphatic heterocycles. The Labute approximate surface area is 154 Å². The number of carbonyl (C=O) groups is 2. The van der Waals surface area contributed by atoms with Crippen LogP contribution >= 0.6 is 11.6 Å². The monoisotopic (exact) mass is 379 g/mol. The zero-order valence-corrected chi connectivity index (χ0v) is 14.8. The Morgan fingerprint density at radius 3 is 2.58 bits per heavy atom. The third kappa shape index (κ3) is 4.27. The minimum atomic E-state index is -0.747. The molecule has 1 aromatic carbocycles. The van der Waals surface area contributed by atoms with Gasteiger partial charge in [0.25, 0.3) is 17.8 Å². The fourth-order valence-corrected chi connectivity index (χ4v) is 2.40. The Morgan fingerprint density at radius 2 is 1.88 bits per heavy atom. The molecule has 1 aliphatic rings. The number of ether oxygens (including phenoxy) is 1. The number of morpholine rings is 1. The van der Waals surface area contributed by atoms with Crippen LogP contribution in [0.5, 0.6) is 0 Å². The van der Waals surface area contributed by atoms with Crippen molar-refractivity contribution in [3.63, 3.8) is 0 Å². The fourth-order valence-electron chi connectivity index (χ4n) is 2.27. The molecular weight excluding hydrogens is 362 g/mol. The lowest BCUT2D eigenvalue weighted by Crippen LogP contribution is -2.44. The number of anilines is 1. The summed E-state index contributed by atoms with van der Waals surface area (Å²) in [4.78, 5) is 27.3. The normalized spacial score (nSPS) is 15.4. The molecule has 2 N–H and O–H groups in total. The molecule has 0 bridgehead atoms. The minimum Gasteiger partial charge on any atom is -0.378 e. The van der Waals surface area contributed by atoms with Gasteiger partial charge in [0.2, 0.25) is 0 Å². The second kappa shape index (κ2) is 8.11. The van der Waals surface area contributed by atoms with Crippen molar-refractivity contribution in [2.45, 2.75) is 13.0 Å². The number of carbonyl (C=O) groups excluding carboxylic acids is 2. The third-order valence-corrected chi connectivity index (χ3v) is 4.10. The van der Waals surface area contributed by atoms with Gasteiger partial charge in [-0.1, -0.05) is 16.7 Å². The molecule has 2 aromatic rings. The van der Waals surface area contributed by atoms with Gasteiger partial charge in [0.1, 0.15) is 0 Å². The second-order valence-corrected chi connectivity index (χ2v) is 6.07. The summed E-state index contributed by atoms with van der Waals surface area (Å²) in [5.41, 5.74) is 5.06. The summed E-state index contributed by atoms with van der Waals surface area (Å²) in [6.45, 7) is 4.14. The first-order valence-electron chi connectivity index (χ1n) is 8.02. The van der Waals surface area contributed by atoms with Crippen LogP contribution in [0.2, 0.25) is 5.02 Å². The van der Waals surface area contributed by atoms with Crippen LogP contribution in [-0.2, 0) is 9.53 Å². The van der Waals surface area contributed by atoms with Gasteiger partial charge in [0.05, 0.1) is 13.2 Å². The van der Waals surface area contributed by atoms with Gasteiger partial charge in [0.15, 0.2) is 6.04 Å². The molecule has 0 radical (unpaired) electrons. The topological polar surface area (TPSA) is 114 Å². The van der Waals surface area contributed by atoms with E-state index >= 15 is 0 Å². The number of rotatable bonds is 4. The van der Waals surface area contributed by atoms with E-state index in [0.717, 1.165) is 0 Å². The SMILES string of the molecule is C[C@@H](C(=O)NNC(=O)c1ccc(Cl)cc1)n1nnc(N2CCOCC2)n1. The maximum atomic E-state index is 12.2. The number of benzene rings is 1. The Kier molecular flexibility index (Phi) is 5.64. The van der Waals surface area contributed by atoms with Crippen LogP contribution in [-0.4, -0.2) is 58.3 Å². The average Bonchev–Trinajstić information content (AvgIpc) is 3.16. The number of amides is 2. The van der Waals surface area contributed by atoms with E-state index in [4.69, 9.17) is 16.3 Å². The molecule has 2 heterocycles. The molecule has 1 saturated heterocycles. The maximum absolute atomic E-state index is 12.2. The van der Waals surface area contributed by atoms with E-state index in [1.165, 1.54) is 4.80 Å². The molecule has 138 valence electrons. The van der Waals surface area contributed by atoms with Crippen LogP contribution in [0.3, 0.4) is 0 Å². The van der Waals surface area contributed by atoms with Crippen LogP contribution in [0.25, 0.3) is 0 Å². The highest BCUT2D eigenvalue weighted by Crippen LogP contribution is 2.11. The fraction of sp³-hybridized carbons (Fsp3) is 0.400. The summed E-state index contributed by atoms with van der Waals surface area (Å²) in [6.07, 6.45) is 0. The molecule has 2 amide bonds. The first-order valence-corrected chi connectivity index (χ1v) is 8.40. The number of aromatic nitrogens is 4. The summed E-state index contributed by atoms with van der Waals surface area (Å²) in [5, 5.41) is 12.6. The number of hydrazine groups is 1. The quantitative estimate of drug-likeness (QED) is 0.728. The molecule has 3 rings (SSSR count). The van der Waals surface area contributed by atoms with Gasteiger partial charge in [-0.3, -0.25) is 20.4 Å². The van der Waals surface area contributed by atoms with Crippen molar-refractivity contribution in [3.8, 4) is 0 Å². The first kappa shape index (κ1) is 18.1. The summed E-state index contributed by atoms with van der Waals surface area (Å²) < 4.78 is 5.27. The Balaban J connectivity index is 1.55. The summed E-state index contributed by atoms with van der Waals surface area (Å²) >= 11 is 5.78. The summed E-state index contributed by atoms with van der Waals surface area (Å²) in [5.74, 6) is -0.487. The molecule has 1 aromatic heterocycles. The van der Waals surface area contributed by atoms with Crippen molar-refractivity contribution in [1.29, 1.82) is 0 Å². The number of hydrogen-bond acceptors (Lipinski definition) is 7. The van der Waals surface area contributed by atoms with Crippen molar-refractivity contribution in [2.75, 3.05) is 31.2 Å². The molecular formula is C15H18ClN7O3. The lowest BCUT2D eigenvalue weighted by Gasteiger charge is -2.24. The highest BCUT2D eigenvalue weighted by atomic mass is 35.5. The van der Waals surface area contributed by atoms with Crippen molar-refractivity contribution >= 4 is 29.4 Å². The maximum Gasteiger partial charge on any atom is 0.269 e. The van der Waals surface area contributed by atoms with E-state index in [1.54, 1.807) is 31.2 Å². The van der Waals surface area contributed by atoms with Gasteiger partial charge < -0.3 is 9.64 Å². The number of halogens is 1. The highest BCUT2D eigenvalue weighted by Gasteiger charge is 2.22. The van der Waals surface area contributed by atoms with Crippen molar-refractivity contribution in [3.05, 3.63) is 34.9 Å². The smallest absolute Gasteiger partial charge is 0.269 e. The van der Waals surface area contributed by atoms with E-state index in [1.807, 2.05) is 4.90 Å². The third-order valence-electron chi connectivity index (χ3n) is 3.84. The molecule has 11 heteroatoms. The lowest BCUT2D eigenvalue weighted by atomic mass is 10.2. The predicted octanol–water partition coefficient (Wildman–Crippen LogP) is 0.185. The molecule has 0 spiro atoms. The zero-order valence-electron chi connectivity index (χ0n) is 14.1. The van der Waals surface area contributed by atoms with Crippen molar-refractivity contribution in [2.24, 2.45) is 0 Å². The van der Waals surface area contributed by atoms with E-state index < -0.39 is 17.9 Å². The van der Waals surface area contributed by atoms with Crippen molar-refractivity contribution < 1.29 is 14.3 Å². The Bertz CT molecular complexity index is 774. The first-order chi connectivity index (χ1) is 12.5. The molecule has 10 nitrogen and oxygen atoms in total. The molecule has 0 saturated carbocycles. The molecule has 0 aliphatic carbocycles. The van der Waals surface area contributed by atoms with Crippen LogP contribution < -0.4 is 15.8 Å². The molecule has 0 unspecified atom stereocenters. The van der Waals surface area contributed by atoms with E-state index in [0.29, 0.717) is 42.8 Å². The van der Waals surface area contributed by atoms with Gasteiger partial charge in [-0.05, 0) is 36.4 Å². The number of tetrazole rings is 1. The number of nitrogens with zero attached hydrogens (tertiary/aromatic N) is 5. The molecule has 26 heavy (non-hydrogen) atoms. The number of hydrogen-bond donors (Lipinski definition) is 2. The van der Waals surface area contributed by atoms with Crippen LogP contribution in [0, 0.1) is 0 Å². The standard InChI is InChI=1S/C15H18ClN7O3/c1-10(23-20-15(19-21-23)22-6-8-26-9-7-22)13(24)17-18-14(25)11-2-4-12(16)5-3-11/h2-5,10H,6-9H2,1H3,(H,17,24)(H,18,25)/t10-/m0/s1. The zero-order chi connectivity index (χ0) is 18.5. The largest absolute Gasteiger partial charge is 0.378 e. The average molecular weight is 380 g/mol. The van der Waals surface area contributed by atoms with Crippen LogP contribution in [0.4, 0.5) is 5.95 Å². The lowest BCUT2D eigenvalue weighted by molar-refractivity contribution is -0.125. The second-order valence-electron chi connectivity index (χ2n) is 5.64. The Morgan fingerprint density at radius 1 is 1.19 bits per heavy atom. The van der Waals surface area contributed by atoms with E-state index in [2.05, 4.69) is 26.3 Å². The van der Waals surface area contributed by atoms with Crippen LogP contribution in [0.1, 0.15) is 23.3 Å². The molecule has 1 atom stereocenters. The van der Waals surface area contributed by atoms with E-state index in [-0.39, 0.29) is 0 Å². The van der Waals surface area contributed by atoms with Gasteiger partial charge in [0, 0.05) is 23.7 Å². The van der Waals surface area contributed by atoms with Gasteiger partial charge in [-0.25, -0.2) is 0 Å².